The van der Waals surface area contributed by atoms with Crippen LogP contribution < -0.4 is 0 Å². The molecule has 0 atom stereocenters. The molecule has 5 heteroatoms. The molecule has 13 heavy (non-hydrogen) atoms. The number of carbonyl (C=O) groups is 2. The maximum Gasteiger partial charge on any atom is 0.345 e. The van der Waals surface area contributed by atoms with Crippen LogP contribution in [-0.2, 0) is 0 Å². The summed E-state index contributed by atoms with van der Waals surface area (Å²) >= 11 is 2.64. The number of aldehydes is 1. The van der Waals surface area contributed by atoms with Crippen molar-refractivity contribution in [3.05, 3.63) is 16.5 Å². The Morgan fingerprint density at radius 1 is 1.77 bits per heavy atom. The van der Waals surface area contributed by atoms with Crippen molar-refractivity contribution < 1.29 is 14.7 Å². The van der Waals surface area contributed by atoms with Gasteiger partial charge in [0.15, 0.2) is 6.29 Å². The zero-order valence-electron chi connectivity index (χ0n) is 6.94. The summed E-state index contributed by atoms with van der Waals surface area (Å²) in [6.45, 7) is 1.96. The third kappa shape index (κ3) is 2.32. The molecule has 1 rings (SSSR count). The molecular weight excluding hydrogens is 208 g/mol. The van der Waals surface area contributed by atoms with E-state index >= 15 is 0 Å². The SMILES string of the molecule is CCSc1sc(C(=O)O)cc1C=O. The minimum absolute atomic E-state index is 0.220. The third-order valence-electron chi connectivity index (χ3n) is 1.34. The Hall–Kier alpha value is -0.810. The van der Waals surface area contributed by atoms with E-state index < -0.39 is 5.97 Å². The largest absolute Gasteiger partial charge is 0.477 e. The van der Waals surface area contributed by atoms with Crippen LogP contribution in [0.4, 0.5) is 0 Å². The van der Waals surface area contributed by atoms with Gasteiger partial charge in [0.25, 0.3) is 0 Å². The first kappa shape index (κ1) is 10.3. The van der Waals surface area contributed by atoms with Crippen molar-refractivity contribution in [2.75, 3.05) is 5.75 Å². The molecule has 3 nitrogen and oxygen atoms in total. The number of hydrogen-bond donors (Lipinski definition) is 1. The van der Waals surface area contributed by atoms with Crippen LogP contribution in [0.3, 0.4) is 0 Å². The fraction of sp³-hybridized carbons (Fsp3) is 0.250. The summed E-state index contributed by atoms with van der Waals surface area (Å²) in [5.74, 6) is -0.142. The monoisotopic (exact) mass is 216 g/mol. The second-order valence-electron chi connectivity index (χ2n) is 2.21. The summed E-state index contributed by atoms with van der Waals surface area (Å²) in [5, 5.41) is 8.67. The van der Waals surface area contributed by atoms with E-state index in [9.17, 15) is 9.59 Å². The molecule has 1 aromatic heterocycles. The average molecular weight is 216 g/mol. The van der Waals surface area contributed by atoms with Crippen LogP contribution in [0.1, 0.15) is 27.0 Å². The van der Waals surface area contributed by atoms with Gasteiger partial charge in [-0.3, -0.25) is 4.79 Å². The second-order valence-corrected chi connectivity index (χ2v) is 4.79. The summed E-state index contributed by atoms with van der Waals surface area (Å²) in [6.07, 6.45) is 0.695. The summed E-state index contributed by atoms with van der Waals surface area (Å²) < 4.78 is 0.787. The molecule has 0 spiro atoms. The molecule has 0 amide bonds. The van der Waals surface area contributed by atoms with Crippen LogP contribution in [-0.4, -0.2) is 23.1 Å². The molecule has 0 saturated heterocycles. The van der Waals surface area contributed by atoms with Gasteiger partial charge >= 0.3 is 5.97 Å². The molecule has 1 N–H and O–H groups in total. The van der Waals surface area contributed by atoms with Crippen molar-refractivity contribution in [3.63, 3.8) is 0 Å². The van der Waals surface area contributed by atoms with Crippen molar-refractivity contribution in [2.45, 2.75) is 11.1 Å². The first-order chi connectivity index (χ1) is 6.19. The van der Waals surface area contributed by atoms with Gasteiger partial charge in [-0.1, -0.05) is 6.92 Å². The minimum Gasteiger partial charge on any atom is -0.477 e. The van der Waals surface area contributed by atoms with Crippen molar-refractivity contribution in [2.24, 2.45) is 0 Å². The molecule has 70 valence electrons. The lowest BCUT2D eigenvalue weighted by molar-refractivity contribution is 0.0702. The quantitative estimate of drug-likeness (QED) is 0.620. The highest BCUT2D eigenvalue weighted by molar-refractivity contribution is 8.01. The number of carboxylic acid groups (broad SMARTS) is 1. The number of carbonyl (C=O) groups excluding carboxylic acids is 1. The van der Waals surface area contributed by atoms with Crippen molar-refractivity contribution >= 4 is 35.4 Å². The van der Waals surface area contributed by atoms with Gasteiger partial charge in [-0.15, -0.1) is 23.1 Å². The second kappa shape index (κ2) is 4.43. The van der Waals surface area contributed by atoms with Gasteiger partial charge in [0, 0.05) is 5.56 Å². The van der Waals surface area contributed by atoms with Crippen molar-refractivity contribution in [1.82, 2.24) is 0 Å². The number of thiophene rings is 1. The minimum atomic E-state index is -0.976. The maximum atomic E-state index is 10.6. The highest BCUT2D eigenvalue weighted by Crippen LogP contribution is 2.30. The molecule has 0 unspecified atom stereocenters. The Balaban J connectivity index is 3.03. The van der Waals surface area contributed by atoms with E-state index in [-0.39, 0.29) is 4.88 Å². The van der Waals surface area contributed by atoms with Gasteiger partial charge in [0.1, 0.15) is 4.88 Å². The van der Waals surface area contributed by atoms with E-state index in [4.69, 9.17) is 5.11 Å². The average Bonchev–Trinajstić information content (AvgIpc) is 2.48. The Bertz CT molecular complexity index is 330. The fourth-order valence-electron chi connectivity index (χ4n) is 0.820. The van der Waals surface area contributed by atoms with Gasteiger partial charge in [-0.05, 0) is 11.8 Å². The van der Waals surface area contributed by atoms with Crippen molar-refractivity contribution in [1.29, 1.82) is 0 Å². The predicted molar refractivity (Wildman–Crippen MR) is 53.1 cm³/mol. The van der Waals surface area contributed by atoms with Crippen LogP contribution in [0.2, 0.25) is 0 Å². The molecule has 0 saturated carbocycles. The fourth-order valence-corrected chi connectivity index (χ4v) is 2.91. The molecule has 0 aliphatic heterocycles. The van der Waals surface area contributed by atoms with Gasteiger partial charge in [-0.25, -0.2) is 4.79 Å². The first-order valence-electron chi connectivity index (χ1n) is 3.64. The van der Waals surface area contributed by atoms with Gasteiger partial charge in [-0.2, -0.15) is 0 Å². The Morgan fingerprint density at radius 3 is 2.92 bits per heavy atom. The van der Waals surface area contributed by atoms with E-state index in [0.29, 0.717) is 11.8 Å². The predicted octanol–water partition coefficient (Wildman–Crippen LogP) is 2.37. The van der Waals surface area contributed by atoms with E-state index in [1.165, 1.54) is 17.8 Å². The number of thioether (sulfide) groups is 1. The molecule has 0 fully saturated rings. The highest BCUT2D eigenvalue weighted by Gasteiger charge is 2.12. The number of hydrogen-bond acceptors (Lipinski definition) is 4. The lowest BCUT2D eigenvalue weighted by Gasteiger charge is -1.91. The number of rotatable bonds is 4. The lowest BCUT2D eigenvalue weighted by Crippen LogP contribution is -1.90. The maximum absolute atomic E-state index is 10.6. The molecule has 1 aromatic rings. The van der Waals surface area contributed by atoms with Crippen LogP contribution in [0.15, 0.2) is 10.3 Å². The van der Waals surface area contributed by atoms with Gasteiger partial charge in [0.05, 0.1) is 4.21 Å². The zero-order valence-corrected chi connectivity index (χ0v) is 8.58. The third-order valence-corrected chi connectivity index (χ3v) is 3.66. The Labute approximate surface area is 83.8 Å². The number of carboxylic acids is 1. The van der Waals surface area contributed by atoms with E-state index in [0.717, 1.165) is 21.3 Å². The summed E-state index contributed by atoms with van der Waals surface area (Å²) in [4.78, 5) is 21.3. The summed E-state index contributed by atoms with van der Waals surface area (Å²) in [5.41, 5.74) is 0.481. The molecule has 0 aliphatic rings. The lowest BCUT2D eigenvalue weighted by atomic mass is 10.3. The van der Waals surface area contributed by atoms with Gasteiger partial charge in [0.2, 0.25) is 0 Å². The van der Waals surface area contributed by atoms with E-state index in [1.807, 2.05) is 6.92 Å². The standard InChI is InChI=1S/C8H8O3S2/c1-2-12-8-5(4-9)3-6(13-8)7(10)11/h3-4H,2H2,1H3,(H,10,11). The Kier molecular flexibility index (Phi) is 3.50. The van der Waals surface area contributed by atoms with Crippen molar-refractivity contribution in [3.8, 4) is 0 Å². The highest BCUT2D eigenvalue weighted by atomic mass is 32.2. The molecule has 0 aliphatic carbocycles. The molecule has 0 bridgehead atoms. The topological polar surface area (TPSA) is 54.4 Å². The molecule has 0 radical (unpaired) electrons. The van der Waals surface area contributed by atoms with E-state index in [2.05, 4.69) is 0 Å². The van der Waals surface area contributed by atoms with Crippen LogP contribution in [0.25, 0.3) is 0 Å². The number of aromatic carboxylic acids is 1. The van der Waals surface area contributed by atoms with E-state index in [1.54, 1.807) is 0 Å². The molecule has 1 heterocycles. The van der Waals surface area contributed by atoms with Gasteiger partial charge < -0.3 is 5.11 Å². The normalized spacial score (nSPS) is 9.92. The van der Waals surface area contributed by atoms with Crippen LogP contribution in [0.5, 0.6) is 0 Å². The Morgan fingerprint density at radius 2 is 2.46 bits per heavy atom. The first-order valence-corrected chi connectivity index (χ1v) is 5.44. The zero-order chi connectivity index (χ0) is 9.84. The molecular formula is C8H8O3S2. The summed E-state index contributed by atoms with van der Waals surface area (Å²) in [7, 11) is 0. The van der Waals surface area contributed by atoms with Crippen LogP contribution in [0, 0.1) is 0 Å². The summed E-state index contributed by atoms with van der Waals surface area (Å²) in [6, 6.07) is 1.41. The smallest absolute Gasteiger partial charge is 0.345 e. The molecule has 0 aromatic carbocycles. The van der Waals surface area contributed by atoms with Crippen LogP contribution >= 0.6 is 23.1 Å².